The van der Waals surface area contributed by atoms with Crippen molar-refractivity contribution in [3.63, 3.8) is 0 Å². The van der Waals surface area contributed by atoms with Gasteiger partial charge >= 0.3 is 0 Å². The molecule has 0 N–H and O–H groups in total. The number of carbonyl (C=O) groups excluding carboxylic acids is 1. The Bertz CT molecular complexity index is 419. The molecule has 0 heterocycles. The van der Waals surface area contributed by atoms with E-state index in [9.17, 15) is 9.18 Å². The highest BCUT2D eigenvalue weighted by Gasteiger charge is 2.20. The number of hydrogen-bond donors (Lipinski definition) is 0. The maximum Gasteiger partial charge on any atom is 0.140 e. The van der Waals surface area contributed by atoms with Gasteiger partial charge < -0.3 is 0 Å². The van der Waals surface area contributed by atoms with E-state index in [0.717, 1.165) is 6.42 Å². The van der Waals surface area contributed by atoms with Crippen molar-refractivity contribution in [3.8, 4) is 0 Å². The molecule has 3 heteroatoms. The molecule has 1 aromatic rings. The first-order valence-electron chi connectivity index (χ1n) is 5.31. The van der Waals surface area contributed by atoms with Crippen molar-refractivity contribution < 1.29 is 9.18 Å². The fourth-order valence-electron chi connectivity index (χ4n) is 1.91. The highest BCUT2D eigenvalue weighted by atomic mass is 35.5. The lowest BCUT2D eigenvalue weighted by molar-refractivity contribution is -0.121. The fraction of sp³-hybridized carbons (Fsp3) is 0.308. The Balaban J connectivity index is 2.23. The van der Waals surface area contributed by atoms with Crippen molar-refractivity contribution in [2.24, 2.45) is 5.92 Å². The number of Topliss-reactive ketones (excluding diaryl/α,β-unsaturated/α-hetero) is 1. The monoisotopic (exact) mass is 238 g/mol. The summed E-state index contributed by atoms with van der Waals surface area (Å²) >= 11 is 5.92. The number of carbonyl (C=O) groups is 1. The van der Waals surface area contributed by atoms with Crippen LogP contribution in [0, 0.1) is 11.7 Å². The molecule has 2 rings (SSSR count). The Kier molecular flexibility index (Phi) is 3.39. The highest BCUT2D eigenvalue weighted by Crippen LogP contribution is 2.25. The first-order chi connectivity index (χ1) is 7.68. The molecule has 0 amide bonds. The summed E-state index contributed by atoms with van der Waals surface area (Å²) in [6.07, 6.45) is 5.53. The van der Waals surface area contributed by atoms with Gasteiger partial charge in [-0.25, -0.2) is 4.39 Å². The number of halogens is 2. The van der Waals surface area contributed by atoms with Crippen LogP contribution in [-0.2, 0) is 11.2 Å². The Labute approximate surface area is 98.9 Å². The molecule has 1 aliphatic rings. The zero-order chi connectivity index (χ0) is 11.5. The minimum absolute atomic E-state index is 0.168. The van der Waals surface area contributed by atoms with Gasteiger partial charge in [-0.05, 0) is 25.0 Å². The molecular formula is C13H12ClFO. The second-order valence-corrected chi connectivity index (χ2v) is 4.35. The van der Waals surface area contributed by atoms with Gasteiger partial charge in [-0.1, -0.05) is 29.8 Å². The van der Waals surface area contributed by atoms with Gasteiger partial charge in [0.2, 0.25) is 0 Å². The van der Waals surface area contributed by atoms with E-state index in [-0.39, 0.29) is 17.5 Å². The van der Waals surface area contributed by atoms with Crippen LogP contribution in [0.15, 0.2) is 30.4 Å². The van der Waals surface area contributed by atoms with E-state index in [1.807, 2.05) is 12.2 Å². The third-order valence-electron chi connectivity index (χ3n) is 2.83. The summed E-state index contributed by atoms with van der Waals surface area (Å²) in [5, 5.41) is 0.395. The van der Waals surface area contributed by atoms with Crippen LogP contribution < -0.4 is 0 Å². The fourth-order valence-corrected chi connectivity index (χ4v) is 2.15. The van der Waals surface area contributed by atoms with Crippen molar-refractivity contribution in [1.82, 2.24) is 0 Å². The van der Waals surface area contributed by atoms with Gasteiger partial charge in [-0.15, -0.1) is 0 Å². The van der Waals surface area contributed by atoms with Gasteiger partial charge in [-0.2, -0.15) is 0 Å². The van der Waals surface area contributed by atoms with E-state index in [4.69, 9.17) is 11.6 Å². The zero-order valence-corrected chi connectivity index (χ0v) is 9.51. The number of rotatable bonds is 2. The molecule has 0 saturated carbocycles. The molecule has 1 nitrogen and oxygen atoms in total. The summed E-state index contributed by atoms with van der Waals surface area (Å²) in [5.41, 5.74) is 0.439. The Morgan fingerprint density at radius 1 is 1.44 bits per heavy atom. The molecule has 16 heavy (non-hydrogen) atoms. The van der Waals surface area contributed by atoms with Gasteiger partial charge in [0, 0.05) is 22.9 Å². The first-order valence-corrected chi connectivity index (χ1v) is 5.68. The number of ketones is 1. The molecule has 0 fully saturated rings. The molecule has 1 unspecified atom stereocenters. The molecule has 84 valence electrons. The molecular weight excluding hydrogens is 227 g/mol. The summed E-state index contributed by atoms with van der Waals surface area (Å²) in [7, 11) is 0. The lowest BCUT2D eigenvalue weighted by Crippen LogP contribution is -2.18. The van der Waals surface area contributed by atoms with Crippen molar-refractivity contribution in [2.75, 3.05) is 0 Å². The van der Waals surface area contributed by atoms with Crippen LogP contribution in [0.3, 0.4) is 0 Å². The maximum absolute atomic E-state index is 13.5. The number of benzene rings is 1. The van der Waals surface area contributed by atoms with Crippen molar-refractivity contribution in [1.29, 1.82) is 0 Å². The van der Waals surface area contributed by atoms with Crippen LogP contribution in [-0.4, -0.2) is 5.78 Å². The van der Waals surface area contributed by atoms with Gasteiger partial charge in [0.05, 0.1) is 0 Å². The second kappa shape index (κ2) is 4.79. The average Bonchev–Trinajstić information content (AvgIpc) is 2.26. The summed E-state index contributed by atoms with van der Waals surface area (Å²) in [5.74, 6) is -0.385. The van der Waals surface area contributed by atoms with Gasteiger partial charge in [0.25, 0.3) is 0 Å². The van der Waals surface area contributed by atoms with E-state index < -0.39 is 0 Å². The van der Waals surface area contributed by atoms with E-state index in [1.54, 1.807) is 12.1 Å². The van der Waals surface area contributed by atoms with Gasteiger partial charge in [-0.3, -0.25) is 4.79 Å². The third kappa shape index (κ3) is 2.33. The molecule has 0 bridgehead atoms. The van der Waals surface area contributed by atoms with Gasteiger partial charge in [0.1, 0.15) is 11.6 Å². The SMILES string of the molecule is O=C1CCC=CC1Cc1c(F)cccc1Cl. The summed E-state index contributed by atoms with van der Waals surface area (Å²) < 4.78 is 13.5. The predicted octanol–water partition coefficient (Wildman–Crippen LogP) is 3.56. The Hall–Kier alpha value is -1.15. The van der Waals surface area contributed by atoms with Crippen LogP contribution in [0.2, 0.25) is 5.02 Å². The maximum atomic E-state index is 13.5. The topological polar surface area (TPSA) is 17.1 Å². The zero-order valence-electron chi connectivity index (χ0n) is 8.75. The molecule has 1 atom stereocenters. The lowest BCUT2D eigenvalue weighted by Gasteiger charge is -2.16. The minimum Gasteiger partial charge on any atom is -0.299 e. The standard InChI is InChI=1S/C13H12ClFO/c14-11-5-3-6-12(15)10(11)8-9-4-1-2-7-13(9)16/h1,3-6,9H,2,7-8H2. The van der Waals surface area contributed by atoms with Crippen LogP contribution in [0.5, 0.6) is 0 Å². The summed E-state index contributed by atoms with van der Waals surface area (Å²) in [4.78, 5) is 11.6. The lowest BCUT2D eigenvalue weighted by atomic mass is 9.88. The van der Waals surface area contributed by atoms with Crippen molar-refractivity contribution >= 4 is 17.4 Å². The van der Waals surface area contributed by atoms with E-state index in [1.165, 1.54) is 6.07 Å². The van der Waals surface area contributed by atoms with Crippen molar-refractivity contribution in [3.05, 3.63) is 46.8 Å². The van der Waals surface area contributed by atoms with Gasteiger partial charge in [0.15, 0.2) is 0 Å². The minimum atomic E-state index is -0.334. The molecule has 1 aromatic carbocycles. The van der Waals surface area contributed by atoms with E-state index >= 15 is 0 Å². The Morgan fingerprint density at radius 3 is 2.94 bits per heavy atom. The quantitative estimate of drug-likeness (QED) is 0.720. The molecule has 0 aliphatic heterocycles. The highest BCUT2D eigenvalue weighted by molar-refractivity contribution is 6.31. The number of hydrogen-bond acceptors (Lipinski definition) is 1. The van der Waals surface area contributed by atoms with Crippen LogP contribution in [0.1, 0.15) is 18.4 Å². The normalized spacial score (nSPS) is 20.1. The average molecular weight is 239 g/mol. The largest absolute Gasteiger partial charge is 0.299 e. The molecule has 0 radical (unpaired) electrons. The molecule has 0 aromatic heterocycles. The van der Waals surface area contributed by atoms with E-state index in [0.29, 0.717) is 23.4 Å². The second-order valence-electron chi connectivity index (χ2n) is 3.94. The third-order valence-corrected chi connectivity index (χ3v) is 3.18. The molecule has 0 spiro atoms. The molecule has 0 saturated heterocycles. The first kappa shape index (κ1) is 11.3. The molecule has 1 aliphatic carbocycles. The Morgan fingerprint density at radius 2 is 2.25 bits per heavy atom. The number of allylic oxidation sites excluding steroid dienone is 2. The van der Waals surface area contributed by atoms with E-state index in [2.05, 4.69) is 0 Å². The summed E-state index contributed by atoms with van der Waals surface area (Å²) in [6, 6.07) is 4.59. The summed E-state index contributed by atoms with van der Waals surface area (Å²) in [6.45, 7) is 0. The predicted molar refractivity (Wildman–Crippen MR) is 62.0 cm³/mol. The van der Waals surface area contributed by atoms with Crippen LogP contribution in [0.4, 0.5) is 4.39 Å². The van der Waals surface area contributed by atoms with Crippen LogP contribution in [0.25, 0.3) is 0 Å². The smallest absolute Gasteiger partial charge is 0.140 e. The van der Waals surface area contributed by atoms with Crippen LogP contribution >= 0.6 is 11.6 Å². The van der Waals surface area contributed by atoms with Crippen molar-refractivity contribution in [2.45, 2.75) is 19.3 Å².